The smallest absolute Gasteiger partial charge is 0.331 e. The molecule has 1 spiro atoms. The predicted octanol–water partition coefficient (Wildman–Crippen LogP) is 0.103. The zero-order valence-corrected chi connectivity index (χ0v) is 22.9. The van der Waals surface area contributed by atoms with Crippen molar-refractivity contribution in [3.05, 3.63) is 11.6 Å². The maximum Gasteiger partial charge on any atom is 0.331 e. The molecule has 4 heterocycles. The van der Waals surface area contributed by atoms with E-state index in [2.05, 4.69) is 0 Å². The molecule has 15 atom stereocenters. The summed E-state index contributed by atoms with van der Waals surface area (Å²) in [6.45, 7) is 5.63. The fraction of sp³-hybridized carbons (Fsp3) is 0.862. The van der Waals surface area contributed by atoms with Crippen molar-refractivity contribution in [1.82, 2.24) is 0 Å². The van der Waals surface area contributed by atoms with Gasteiger partial charge in [0.2, 0.25) is 12.1 Å². The lowest BCUT2D eigenvalue weighted by Crippen LogP contribution is -2.77. The van der Waals surface area contributed by atoms with E-state index in [0.29, 0.717) is 37.7 Å². The molecule has 0 bridgehead atoms. The van der Waals surface area contributed by atoms with Crippen molar-refractivity contribution in [2.24, 2.45) is 28.6 Å². The quantitative estimate of drug-likeness (QED) is 0.195. The van der Waals surface area contributed by atoms with Gasteiger partial charge in [-0.3, -0.25) is 4.79 Å². The number of hydrogen-bond donors (Lipinski definition) is 4. The summed E-state index contributed by atoms with van der Waals surface area (Å²) < 4.78 is 29.9. The van der Waals surface area contributed by atoms with Gasteiger partial charge < -0.3 is 44.1 Å². The van der Waals surface area contributed by atoms with E-state index in [9.17, 15) is 30.0 Å². The van der Waals surface area contributed by atoms with Gasteiger partial charge in [0.1, 0.15) is 30.0 Å². The Balaban J connectivity index is 1.16. The molecule has 0 aromatic carbocycles. The number of carbonyl (C=O) groups is 2. The van der Waals surface area contributed by atoms with E-state index >= 15 is 0 Å². The third-order valence-electron chi connectivity index (χ3n) is 12.5. The Hall–Kier alpha value is -1.44. The van der Waals surface area contributed by atoms with Crippen LogP contribution in [0.5, 0.6) is 0 Å². The Morgan fingerprint density at radius 1 is 1.00 bits per heavy atom. The summed E-state index contributed by atoms with van der Waals surface area (Å²) in [5, 5.41) is 46.5. The van der Waals surface area contributed by atoms with Crippen LogP contribution in [0.25, 0.3) is 0 Å². The Bertz CT molecular complexity index is 1220. The van der Waals surface area contributed by atoms with Crippen molar-refractivity contribution in [2.75, 3.05) is 6.61 Å². The fourth-order valence-electron chi connectivity index (χ4n) is 10.5. The highest BCUT2D eigenvalue weighted by atomic mass is 16.8. The van der Waals surface area contributed by atoms with Crippen LogP contribution in [0.1, 0.15) is 59.3 Å². The molecule has 0 aromatic heterocycles. The highest BCUT2D eigenvalue weighted by Gasteiger charge is 2.89. The summed E-state index contributed by atoms with van der Waals surface area (Å²) in [5.41, 5.74) is -4.02. The Morgan fingerprint density at radius 3 is 2.50 bits per heavy atom. The second-order valence-electron chi connectivity index (χ2n) is 14.2. The van der Waals surface area contributed by atoms with Gasteiger partial charge in [-0.15, -0.1) is 0 Å². The topological polar surface area (TPSA) is 165 Å². The monoisotopic (exact) mass is 562 g/mol. The lowest BCUT2D eigenvalue weighted by atomic mass is 9.41. The first-order valence-corrected chi connectivity index (χ1v) is 14.7. The number of rotatable bonds is 1. The molecular formula is C29H38O11. The summed E-state index contributed by atoms with van der Waals surface area (Å²) in [6.07, 6.45) is -1.45. The van der Waals surface area contributed by atoms with Gasteiger partial charge in [0.05, 0.1) is 29.8 Å². The number of hydrogen-bond acceptors (Lipinski definition) is 11. The minimum atomic E-state index is -2.02. The molecule has 3 saturated heterocycles. The zero-order valence-electron chi connectivity index (χ0n) is 22.9. The van der Waals surface area contributed by atoms with E-state index in [-0.39, 0.29) is 31.2 Å². The number of aliphatic hydroxyl groups excluding tert-OH is 2. The third-order valence-corrected chi connectivity index (χ3v) is 12.5. The van der Waals surface area contributed by atoms with Crippen LogP contribution in [-0.4, -0.2) is 98.7 Å². The summed E-state index contributed by atoms with van der Waals surface area (Å²) >= 11 is 0. The molecule has 7 fully saturated rings. The van der Waals surface area contributed by atoms with Gasteiger partial charge in [-0.25, -0.2) is 4.79 Å². The van der Waals surface area contributed by atoms with Crippen LogP contribution in [0.3, 0.4) is 0 Å². The highest BCUT2D eigenvalue weighted by molar-refractivity contribution is 5.94. The van der Waals surface area contributed by atoms with E-state index in [1.165, 1.54) is 6.08 Å². The summed E-state index contributed by atoms with van der Waals surface area (Å²) in [4.78, 5) is 26.1. The second kappa shape index (κ2) is 7.74. The fourth-order valence-corrected chi connectivity index (χ4v) is 10.5. The minimum absolute atomic E-state index is 0.00345. The standard InChI is InChI=1S/C29H38O11/c1-12-6-18(30)29(35)24(37-12)38-16-8-14-9-19-28(40-19)22(25(14,2)10-17(16)39-29)21(32)23(33)26(3)15(4-5-27(26,28)34)13-7-20(31)36-11-13/h7,12,14-19,21-22,24,30,32,34-35H,4-6,8-11H2,1-3H3. The summed E-state index contributed by atoms with van der Waals surface area (Å²) in [7, 11) is 0. The molecule has 0 aromatic rings. The number of aliphatic hydroxyl groups is 4. The lowest BCUT2D eigenvalue weighted by molar-refractivity contribution is -0.458. The largest absolute Gasteiger partial charge is 0.458 e. The summed E-state index contributed by atoms with van der Waals surface area (Å²) in [6, 6.07) is 0. The first-order valence-electron chi connectivity index (χ1n) is 14.7. The second-order valence-corrected chi connectivity index (χ2v) is 14.2. The predicted molar refractivity (Wildman–Crippen MR) is 132 cm³/mol. The van der Waals surface area contributed by atoms with E-state index in [1.807, 2.05) is 13.8 Å². The van der Waals surface area contributed by atoms with Crippen LogP contribution in [0.4, 0.5) is 0 Å². The molecule has 0 radical (unpaired) electrons. The Morgan fingerprint density at radius 2 is 1.77 bits per heavy atom. The molecule has 4 aliphatic heterocycles. The first-order chi connectivity index (χ1) is 18.8. The highest BCUT2D eigenvalue weighted by Crippen LogP contribution is 2.77. The van der Waals surface area contributed by atoms with Crippen molar-refractivity contribution >= 4 is 11.8 Å². The van der Waals surface area contributed by atoms with Gasteiger partial charge in [0.25, 0.3) is 0 Å². The van der Waals surface area contributed by atoms with E-state index < -0.39 is 82.1 Å². The molecule has 15 unspecified atom stereocenters. The average Bonchev–Trinajstić information content (AvgIpc) is 3.33. The number of ether oxygens (including phenoxy) is 5. The van der Waals surface area contributed by atoms with Gasteiger partial charge in [-0.1, -0.05) is 6.92 Å². The molecular weight excluding hydrogens is 524 g/mol. The number of esters is 1. The minimum Gasteiger partial charge on any atom is -0.458 e. The van der Waals surface area contributed by atoms with Crippen molar-refractivity contribution in [3.8, 4) is 0 Å². The number of Topliss-reactive ketones (excluding diaryl/α,β-unsaturated/α-hetero) is 1. The summed E-state index contributed by atoms with van der Waals surface area (Å²) in [5.74, 6) is -4.06. The molecule has 40 heavy (non-hydrogen) atoms. The molecule has 8 rings (SSSR count). The molecule has 11 nitrogen and oxygen atoms in total. The van der Waals surface area contributed by atoms with Gasteiger partial charge in [0, 0.05) is 18.4 Å². The molecule has 11 heteroatoms. The number of cyclic esters (lactones) is 1. The lowest BCUT2D eigenvalue weighted by Gasteiger charge is -2.64. The van der Waals surface area contributed by atoms with Crippen molar-refractivity contribution in [1.29, 1.82) is 0 Å². The normalized spacial score (nSPS) is 61.7. The SMILES string of the molecule is CC1CC(O)C2(O)OC3CC4(C)C(CC3OC2O1)CC1OC12C4C(O)C(=O)C1(C)C(C3=CC(=O)OC3)CCC12O. The van der Waals surface area contributed by atoms with Crippen LogP contribution in [0, 0.1) is 28.6 Å². The Kier molecular flexibility index (Phi) is 5.07. The average molecular weight is 563 g/mol. The van der Waals surface area contributed by atoms with Crippen LogP contribution in [0.15, 0.2) is 11.6 Å². The van der Waals surface area contributed by atoms with Crippen LogP contribution in [0.2, 0.25) is 0 Å². The van der Waals surface area contributed by atoms with Crippen LogP contribution in [-0.2, 0) is 33.3 Å². The van der Waals surface area contributed by atoms with Crippen molar-refractivity contribution < 1.29 is 53.7 Å². The van der Waals surface area contributed by atoms with Crippen molar-refractivity contribution in [2.45, 2.75) is 119 Å². The zero-order chi connectivity index (χ0) is 28.2. The molecule has 220 valence electrons. The van der Waals surface area contributed by atoms with Crippen LogP contribution >= 0.6 is 0 Å². The third kappa shape index (κ3) is 2.80. The van der Waals surface area contributed by atoms with E-state index in [0.717, 1.165) is 0 Å². The van der Waals surface area contributed by atoms with Gasteiger partial charge in [-0.2, -0.15) is 0 Å². The van der Waals surface area contributed by atoms with E-state index in [1.54, 1.807) is 6.92 Å². The number of fused-ring (bicyclic) bond motifs is 5. The first kappa shape index (κ1) is 26.2. The van der Waals surface area contributed by atoms with Gasteiger partial charge in [0.15, 0.2) is 5.78 Å². The van der Waals surface area contributed by atoms with E-state index in [4.69, 9.17) is 23.7 Å². The molecule has 8 aliphatic rings. The molecule has 0 amide bonds. The molecule has 4 saturated carbocycles. The number of ketones is 1. The molecule has 4 N–H and O–H groups in total. The molecule has 4 aliphatic carbocycles. The van der Waals surface area contributed by atoms with Gasteiger partial charge >= 0.3 is 5.97 Å². The van der Waals surface area contributed by atoms with Crippen molar-refractivity contribution in [3.63, 3.8) is 0 Å². The van der Waals surface area contributed by atoms with Gasteiger partial charge in [-0.05, 0) is 68.8 Å². The maximum atomic E-state index is 14.2. The number of epoxide rings is 1. The van der Waals surface area contributed by atoms with Crippen LogP contribution < -0.4 is 0 Å². The number of carbonyl (C=O) groups excluding carboxylic acids is 2. The Labute approximate surface area is 231 Å². The maximum absolute atomic E-state index is 14.2.